The Morgan fingerprint density at radius 1 is 0.818 bits per heavy atom. The van der Waals surface area contributed by atoms with Crippen LogP contribution in [-0.2, 0) is 27.9 Å². The highest BCUT2D eigenvalue weighted by molar-refractivity contribution is 7.89. The number of hydrogen-bond acceptors (Lipinski definition) is 5. The second-order valence-corrected chi connectivity index (χ2v) is 15.9. The number of amides is 1. The summed E-state index contributed by atoms with van der Waals surface area (Å²) in [6, 6.07) is 12.4. The molecule has 0 unspecified atom stereocenters. The number of hydrogen-bond donors (Lipinski definition) is 1. The minimum absolute atomic E-state index is 0.0179. The fraction of sp³-hybridized carbons (Fsp3) is 0.333. The molecule has 8 nitrogen and oxygen atoms in total. The number of sulfonamides is 1. The zero-order valence-electron chi connectivity index (χ0n) is 29.4. The SMILES string of the molecule is CCCCOc1cc(C(=O)O)ccc1N(Cc1cc(C2CC2)cc(C2CC2)c1)C(=O)CN(Cc1ccc(F)cc1Cl)S(=O)(=O)c1c(F)c(F)c(F)c(F)c1F. The first-order valence-corrected chi connectivity index (χ1v) is 19.3. The van der Waals surface area contributed by atoms with Gasteiger partial charge in [-0.05, 0) is 96.5 Å². The quantitative estimate of drug-likeness (QED) is 0.0524. The van der Waals surface area contributed by atoms with Crippen molar-refractivity contribution in [1.29, 1.82) is 0 Å². The number of rotatable bonds is 16. The Labute approximate surface area is 318 Å². The van der Waals surface area contributed by atoms with E-state index >= 15 is 8.78 Å². The Balaban J connectivity index is 1.48. The number of nitrogens with zero attached hydrogens (tertiary/aromatic N) is 2. The molecule has 1 amide bonds. The maximum Gasteiger partial charge on any atom is 0.335 e. The minimum Gasteiger partial charge on any atom is -0.491 e. The summed E-state index contributed by atoms with van der Waals surface area (Å²) in [4.78, 5) is 25.5. The summed E-state index contributed by atoms with van der Waals surface area (Å²) in [5.74, 6) is -15.6. The summed E-state index contributed by atoms with van der Waals surface area (Å²) in [5.41, 5.74) is 2.40. The van der Waals surface area contributed by atoms with Gasteiger partial charge in [-0.15, -0.1) is 0 Å². The van der Waals surface area contributed by atoms with Crippen molar-refractivity contribution in [2.75, 3.05) is 18.1 Å². The predicted octanol–water partition coefficient (Wildman–Crippen LogP) is 9.23. The molecule has 0 spiro atoms. The van der Waals surface area contributed by atoms with E-state index in [4.69, 9.17) is 16.3 Å². The summed E-state index contributed by atoms with van der Waals surface area (Å²) in [5, 5.41) is 9.39. The molecule has 2 fully saturated rings. The lowest BCUT2D eigenvalue weighted by Gasteiger charge is -2.29. The fourth-order valence-electron chi connectivity index (χ4n) is 6.19. The highest BCUT2D eigenvalue weighted by Crippen LogP contribution is 2.46. The van der Waals surface area contributed by atoms with Gasteiger partial charge in [-0.3, -0.25) is 4.79 Å². The highest BCUT2D eigenvalue weighted by atomic mass is 35.5. The third kappa shape index (κ3) is 8.79. The fourth-order valence-corrected chi connectivity index (χ4v) is 7.89. The average Bonchev–Trinajstić information content (AvgIpc) is 4.07. The lowest BCUT2D eigenvalue weighted by molar-refractivity contribution is -0.119. The molecule has 0 heterocycles. The number of aromatic carboxylic acids is 1. The van der Waals surface area contributed by atoms with Crippen LogP contribution in [0.3, 0.4) is 0 Å². The van der Waals surface area contributed by atoms with Crippen molar-refractivity contribution in [1.82, 2.24) is 4.31 Å². The van der Waals surface area contributed by atoms with E-state index in [-0.39, 0.29) is 45.0 Å². The molecule has 4 aromatic rings. The standard InChI is InChI=1S/C39H35ClF6N2O6S/c1-2-3-12-54-31-16-24(39(50)51)9-11-30(31)48(18-21-13-26(22-4-5-22)15-27(14-21)23-6-7-23)32(49)20-47(19-25-8-10-28(41)17-29(25)40)55(52,53)38-36(45)34(43)33(42)35(44)37(38)46/h8-11,13-17,22-23H,2-7,12,18-20H2,1H3,(H,50,51). The van der Waals surface area contributed by atoms with Crippen molar-refractivity contribution in [3.63, 3.8) is 0 Å². The smallest absolute Gasteiger partial charge is 0.335 e. The van der Waals surface area contributed by atoms with Crippen LogP contribution < -0.4 is 9.64 Å². The largest absolute Gasteiger partial charge is 0.491 e. The van der Waals surface area contributed by atoms with Crippen molar-refractivity contribution < 1.29 is 54.2 Å². The van der Waals surface area contributed by atoms with Gasteiger partial charge in [0.05, 0.1) is 30.9 Å². The summed E-state index contributed by atoms with van der Waals surface area (Å²) in [6.45, 7) is -0.445. The van der Waals surface area contributed by atoms with Crippen LogP contribution in [0.4, 0.5) is 32.0 Å². The second-order valence-electron chi connectivity index (χ2n) is 13.6. The van der Waals surface area contributed by atoms with Crippen LogP contribution in [0.25, 0.3) is 0 Å². The van der Waals surface area contributed by atoms with E-state index in [2.05, 4.69) is 6.07 Å². The molecule has 0 radical (unpaired) electrons. The predicted molar refractivity (Wildman–Crippen MR) is 191 cm³/mol. The van der Waals surface area contributed by atoms with Gasteiger partial charge in [0.1, 0.15) is 11.6 Å². The molecule has 16 heteroatoms. The monoisotopic (exact) mass is 808 g/mol. The molecule has 0 aliphatic heterocycles. The molecular weight excluding hydrogens is 774 g/mol. The summed E-state index contributed by atoms with van der Waals surface area (Å²) >= 11 is 6.18. The van der Waals surface area contributed by atoms with E-state index in [1.807, 2.05) is 19.1 Å². The molecule has 2 aliphatic rings. The molecule has 4 aromatic carbocycles. The zero-order valence-corrected chi connectivity index (χ0v) is 30.9. The van der Waals surface area contributed by atoms with Crippen molar-refractivity contribution in [2.45, 2.75) is 75.3 Å². The normalized spacial score (nSPS) is 14.3. The summed E-state index contributed by atoms with van der Waals surface area (Å²) in [7, 11) is -5.77. The molecule has 55 heavy (non-hydrogen) atoms. The minimum atomic E-state index is -5.77. The molecule has 6 rings (SSSR count). The number of halogens is 7. The van der Waals surface area contributed by atoms with Gasteiger partial charge in [0.15, 0.2) is 28.2 Å². The molecule has 0 atom stereocenters. The summed E-state index contributed by atoms with van der Waals surface area (Å²) < 4.78 is 121. The van der Waals surface area contributed by atoms with Crippen LogP contribution in [0.1, 0.15) is 89.9 Å². The first-order chi connectivity index (χ1) is 26.1. The molecule has 0 saturated heterocycles. The Morgan fingerprint density at radius 3 is 1.96 bits per heavy atom. The molecule has 2 saturated carbocycles. The van der Waals surface area contributed by atoms with Crippen LogP contribution in [0.15, 0.2) is 59.5 Å². The Morgan fingerprint density at radius 2 is 1.42 bits per heavy atom. The average molecular weight is 809 g/mol. The first kappa shape index (κ1) is 40.1. The summed E-state index contributed by atoms with van der Waals surface area (Å²) in [6.07, 6.45) is 5.13. The van der Waals surface area contributed by atoms with E-state index in [0.717, 1.165) is 59.9 Å². The van der Waals surface area contributed by atoms with Gasteiger partial charge >= 0.3 is 5.97 Å². The maximum absolute atomic E-state index is 15.1. The van der Waals surface area contributed by atoms with E-state index in [9.17, 15) is 40.7 Å². The first-order valence-electron chi connectivity index (χ1n) is 17.5. The van der Waals surface area contributed by atoms with Gasteiger partial charge in [0.25, 0.3) is 0 Å². The van der Waals surface area contributed by atoms with Crippen molar-refractivity contribution >= 4 is 39.2 Å². The second kappa shape index (κ2) is 16.2. The van der Waals surface area contributed by atoms with Gasteiger partial charge in [-0.1, -0.05) is 49.2 Å². The lowest BCUT2D eigenvalue weighted by atomic mass is 9.99. The van der Waals surface area contributed by atoms with Crippen LogP contribution in [0.2, 0.25) is 5.02 Å². The van der Waals surface area contributed by atoms with Gasteiger partial charge in [-0.25, -0.2) is 39.6 Å². The van der Waals surface area contributed by atoms with Crippen LogP contribution in [0, 0.1) is 34.9 Å². The van der Waals surface area contributed by atoms with Crippen molar-refractivity contribution in [2.24, 2.45) is 0 Å². The highest BCUT2D eigenvalue weighted by Gasteiger charge is 2.39. The Bertz CT molecular complexity index is 2210. The molecule has 0 aromatic heterocycles. The number of carbonyl (C=O) groups excluding carboxylic acids is 1. The number of benzene rings is 4. The Hall–Kier alpha value is -4.60. The number of carboxylic acid groups (broad SMARTS) is 1. The maximum atomic E-state index is 15.1. The van der Waals surface area contributed by atoms with Crippen LogP contribution in [-0.4, -0.2) is 42.9 Å². The molecule has 0 bridgehead atoms. The van der Waals surface area contributed by atoms with Gasteiger partial charge < -0.3 is 14.7 Å². The molecule has 1 N–H and O–H groups in total. The van der Waals surface area contributed by atoms with Gasteiger partial charge in [0.2, 0.25) is 21.7 Å². The van der Waals surface area contributed by atoms with Crippen LogP contribution >= 0.6 is 11.6 Å². The van der Waals surface area contributed by atoms with E-state index < -0.39 is 74.8 Å². The van der Waals surface area contributed by atoms with Crippen molar-refractivity contribution in [3.8, 4) is 5.75 Å². The Kier molecular flexibility index (Phi) is 11.8. The van der Waals surface area contributed by atoms with Crippen LogP contribution in [0.5, 0.6) is 5.75 Å². The van der Waals surface area contributed by atoms with E-state index in [0.29, 0.717) is 30.2 Å². The van der Waals surface area contributed by atoms with Gasteiger partial charge in [0, 0.05) is 11.6 Å². The lowest BCUT2D eigenvalue weighted by Crippen LogP contribution is -2.43. The number of ether oxygens (including phenoxy) is 1. The number of unbranched alkanes of at least 4 members (excludes halogenated alkanes) is 1. The van der Waals surface area contributed by atoms with E-state index in [1.165, 1.54) is 18.2 Å². The molecule has 292 valence electrons. The molecular formula is C39H35ClF6N2O6S. The zero-order chi connectivity index (χ0) is 39.8. The number of carbonyl (C=O) groups is 2. The van der Waals surface area contributed by atoms with Gasteiger partial charge in [-0.2, -0.15) is 4.31 Å². The third-order valence-corrected chi connectivity index (χ3v) is 11.6. The number of anilines is 1. The number of carboxylic acids is 1. The third-order valence-electron chi connectivity index (χ3n) is 9.47. The van der Waals surface area contributed by atoms with E-state index in [1.54, 1.807) is 0 Å². The molecule has 2 aliphatic carbocycles. The van der Waals surface area contributed by atoms with Crippen molar-refractivity contribution in [3.05, 3.63) is 122 Å². The topological polar surface area (TPSA) is 104 Å².